The summed E-state index contributed by atoms with van der Waals surface area (Å²) in [5.74, 6) is -3.25. The molecule has 25 heavy (non-hydrogen) atoms. The van der Waals surface area contributed by atoms with Crippen LogP contribution in [0.4, 0.5) is 14.5 Å². The molecule has 0 heterocycles. The molecule has 0 bridgehead atoms. The van der Waals surface area contributed by atoms with Crippen molar-refractivity contribution in [2.24, 2.45) is 0 Å². The van der Waals surface area contributed by atoms with E-state index >= 15 is 0 Å². The van der Waals surface area contributed by atoms with Crippen molar-refractivity contribution in [3.8, 4) is 0 Å². The van der Waals surface area contributed by atoms with Crippen LogP contribution in [-0.4, -0.2) is 23.2 Å². The molecule has 2 atom stereocenters. The van der Waals surface area contributed by atoms with Gasteiger partial charge in [-0.2, -0.15) is 0 Å². The quantitative estimate of drug-likeness (QED) is 0.621. The fraction of sp³-hybridized carbons (Fsp3) is 0.222. The highest BCUT2D eigenvalue weighted by Gasteiger charge is 2.23. The Balaban J connectivity index is 1.89. The van der Waals surface area contributed by atoms with Crippen molar-refractivity contribution in [3.63, 3.8) is 0 Å². The lowest BCUT2D eigenvalue weighted by molar-refractivity contribution is -0.152. The van der Waals surface area contributed by atoms with Gasteiger partial charge in [-0.1, -0.05) is 18.2 Å². The molecule has 2 aromatic rings. The van der Waals surface area contributed by atoms with Gasteiger partial charge in [-0.3, -0.25) is 9.59 Å². The predicted molar refractivity (Wildman–Crippen MR) is 92.3 cm³/mol. The minimum atomic E-state index is -1.07. The first-order valence-electron chi connectivity index (χ1n) is 7.55. The zero-order chi connectivity index (χ0) is 18.4. The number of hydrogen-bond acceptors (Lipinski definition) is 4. The molecule has 0 aliphatic rings. The van der Waals surface area contributed by atoms with Gasteiger partial charge in [-0.05, 0) is 38.1 Å². The molecule has 0 radical (unpaired) electrons. The number of thioether (sulfide) groups is 1. The maximum Gasteiger partial charge on any atom is 0.319 e. The maximum atomic E-state index is 13.1. The molecule has 0 saturated heterocycles. The summed E-state index contributed by atoms with van der Waals surface area (Å²) in [4.78, 5) is 25.0. The minimum Gasteiger partial charge on any atom is -0.452 e. The van der Waals surface area contributed by atoms with E-state index in [0.29, 0.717) is 0 Å². The summed E-state index contributed by atoms with van der Waals surface area (Å²) >= 11 is 1.32. The van der Waals surface area contributed by atoms with Gasteiger partial charge >= 0.3 is 5.97 Å². The summed E-state index contributed by atoms with van der Waals surface area (Å²) in [6.45, 7) is 3.09. The van der Waals surface area contributed by atoms with E-state index < -0.39 is 34.9 Å². The summed E-state index contributed by atoms with van der Waals surface area (Å²) < 4.78 is 31.1. The van der Waals surface area contributed by atoms with Crippen molar-refractivity contribution in [3.05, 3.63) is 60.2 Å². The van der Waals surface area contributed by atoms with E-state index in [4.69, 9.17) is 4.74 Å². The monoisotopic (exact) mass is 365 g/mol. The lowest BCUT2D eigenvalue weighted by atomic mass is 10.2. The zero-order valence-corrected chi connectivity index (χ0v) is 14.5. The van der Waals surface area contributed by atoms with Gasteiger partial charge in [0.1, 0.15) is 5.25 Å². The average molecular weight is 365 g/mol. The van der Waals surface area contributed by atoms with E-state index in [1.165, 1.54) is 24.8 Å². The van der Waals surface area contributed by atoms with Crippen LogP contribution in [0.15, 0.2) is 53.4 Å². The van der Waals surface area contributed by atoms with E-state index in [2.05, 4.69) is 5.32 Å². The maximum absolute atomic E-state index is 13.1. The van der Waals surface area contributed by atoms with Crippen LogP contribution in [-0.2, 0) is 14.3 Å². The van der Waals surface area contributed by atoms with Crippen LogP contribution in [0.3, 0.4) is 0 Å². The summed E-state index contributed by atoms with van der Waals surface area (Å²) in [6.07, 6.45) is -1.07. The Hall–Kier alpha value is -2.41. The van der Waals surface area contributed by atoms with Crippen LogP contribution in [0.2, 0.25) is 0 Å². The van der Waals surface area contributed by atoms with Crippen LogP contribution in [0.25, 0.3) is 0 Å². The van der Waals surface area contributed by atoms with Crippen LogP contribution >= 0.6 is 11.8 Å². The van der Waals surface area contributed by atoms with Crippen molar-refractivity contribution in [1.29, 1.82) is 0 Å². The fourth-order valence-corrected chi connectivity index (χ4v) is 2.77. The third-order valence-electron chi connectivity index (χ3n) is 3.24. The van der Waals surface area contributed by atoms with Crippen molar-refractivity contribution in [1.82, 2.24) is 0 Å². The number of esters is 1. The lowest BCUT2D eigenvalue weighted by Crippen LogP contribution is -2.32. The number of ether oxygens (including phenoxy) is 1. The van der Waals surface area contributed by atoms with E-state index in [9.17, 15) is 18.4 Å². The second-order valence-corrected chi connectivity index (χ2v) is 6.68. The average Bonchev–Trinajstić information content (AvgIpc) is 2.58. The second-order valence-electron chi connectivity index (χ2n) is 5.27. The van der Waals surface area contributed by atoms with Crippen LogP contribution in [0, 0.1) is 11.6 Å². The van der Waals surface area contributed by atoms with Crippen molar-refractivity contribution >= 4 is 29.3 Å². The van der Waals surface area contributed by atoms with Crippen LogP contribution in [0.1, 0.15) is 13.8 Å². The lowest BCUT2D eigenvalue weighted by Gasteiger charge is -2.16. The summed E-state index contributed by atoms with van der Waals surface area (Å²) in [7, 11) is 0. The van der Waals surface area contributed by atoms with Gasteiger partial charge < -0.3 is 10.1 Å². The van der Waals surface area contributed by atoms with Gasteiger partial charge in [0.2, 0.25) is 0 Å². The number of amides is 1. The topological polar surface area (TPSA) is 55.4 Å². The second kappa shape index (κ2) is 8.62. The van der Waals surface area contributed by atoms with E-state index in [1.54, 1.807) is 6.92 Å². The predicted octanol–water partition coefficient (Wildman–Crippen LogP) is 4.02. The van der Waals surface area contributed by atoms with Crippen molar-refractivity contribution in [2.75, 3.05) is 5.32 Å². The first kappa shape index (κ1) is 18.9. The van der Waals surface area contributed by atoms with Gasteiger partial charge in [0.05, 0.1) is 0 Å². The first-order chi connectivity index (χ1) is 11.9. The number of anilines is 1. The standard InChI is InChI=1S/C18H17F2NO3S/c1-11(17(22)21-13-8-9-15(19)16(20)10-13)24-18(23)12(2)25-14-6-4-3-5-7-14/h3-12H,1-2H3,(H,21,22)/t11-,12-/m0/s1. The first-order valence-corrected chi connectivity index (χ1v) is 8.43. The molecule has 2 aromatic carbocycles. The van der Waals surface area contributed by atoms with Gasteiger partial charge in [0.25, 0.3) is 5.91 Å². The van der Waals surface area contributed by atoms with Crippen LogP contribution in [0.5, 0.6) is 0 Å². The molecule has 0 aromatic heterocycles. The summed E-state index contributed by atoms with van der Waals surface area (Å²) in [6, 6.07) is 12.3. The Morgan fingerprint density at radius 2 is 1.72 bits per heavy atom. The summed E-state index contributed by atoms with van der Waals surface area (Å²) in [5.41, 5.74) is 0.0820. The molecule has 0 saturated carbocycles. The normalized spacial score (nSPS) is 13.0. The third-order valence-corrected chi connectivity index (χ3v) is 4.33. The highest BCUT2D eigenvalue weighted by atomic mass is 32.2. The molecule has 4 nitrogen and oxygen atoms in total. The number of carbonyl (C=O) groups excluding carboxylic acids is 2. The number of hydrogen-bond donors (Lipinski definition) is 1. The molecule has 0 aliphatic carbocycles. The van der Waals surface area contributed by atoms with E-state index in [1.807, 2.05) is 30.3 Å². The number of carbonyl (C=O) groups is 2. The highest BCUT2D eigenvalue weighted by Crippen LogP contribution is 2.24. The zero-order valence-electron chi connectivity index (χ0n) is 13.7. The van der Waals surface area contributed by atoms with Gasteiger partial charge in [-0.15, -0.1) is 11.8 Å². The van der Waals surface area contributed by atoms with Gasteiger partial charge in [-0.25, -0.2) is 8.78 Å². The Labute approximate surface area is 148 Å². The molecular formula is C18H17F2NO3S. The van der Waals surface area contributed by atoms with Gasteiger partial charge in [0, 0.05) is 16.6 Å². The Kier molecular flexibility index (Phi) is 6.52. The van der Waals surface area contributed by atoms with E-state index in [0.717, 1.165) is 17.0 Å². The molecule has 0 spiro atoms. The number of nitrogens with one attached hydrogen (secondary N) is 1. The molecule has 1 amide bonds. The Morgan fingerprint density at radius 1 is 1.04 bits per heavy atom. The van der Waals surface area contributed by atoms with Crippen molar-refractivity contribution < 1.29 is 23.1 Å². The number of benzene rings is 2. The van der Waals surface area contributed by atoms with Gasteiger partial charge in [0.15, 0.2) is 17.7 Å². The summed E-state index contributed by atoms with van der Waals surface area (Å²) in [5, 5.41) is 1.87. The Morgan fingerprint density at radius 3 is 2.36 bits per heavy atom. The highest BCUT2D eigenvalue weighted by molar-refractivity contribution is 8.00. The largest absolute Gasteiger partial charge is 0.452 e. The number of halogens is 2. The minimum absolute atomic E-state index is 0.0820. The van der Waals surface area contributed by atoms with Crippen LogP contribution < -0.4 is 5.32 Å². The third kappa shape index (κ3) is 5.56. The molecule has 132 valence electrons. The molecule has 7 heteroatoms. The smallest absolute Gasteiger partial charge is 0.319 e. The molecule has 0 fully saturated rings. The molecule has 0 aliphatic heterocycles. The van der Waals surface area contributed by atoms with E-state index in [-0.39, 0.29) is 5.69 Å². The van der Waals surface area contributed by atoms with Crippen molar-refractivity contribution in [2.45, 2.75) is 30.1 Å². The molecular weight excluding hydrogens is 348 g/mol. The number of rotatable bonds is 6. The molecule has 2 rings (SSSR count). The Bertz CT molecular complexity index is 755. The SMILES string of the molecule is C[C@H](OC(=O)[C@H](C)Sc1ccccc1)C(=O)Nc1ccc(F)c(F)c1. The fourth-order valence-electron chi connectivity index (χ4n) is 1.89. The molecule has 0 unspecified atom stereocenters. The molecule has 1 N–H and O–H groups in total.